The first-order valence-corrected chi connectivity index (χ1v) is 6.12. The summed E-state index contributed by atoms with van der Waals surface area (Å²) in [6, 6.07) is 11.5. The minimum Gasteiger partial charge on any atom is -0.298 e. The van der Waals surface area contributed by atoms with E-state index in [2.05, 4.69) is 4.98 Å². The Hall–Kier alpha value is -1.61. The molecular formula is C13H11NOS. The van der Waals surface area contributed by atoms with E-state index in [4.69, 9.17) is 0 Å². The molecule has 3 heteroatoms. The lowest BCUT2D eigenvalue weighted by Gasteiger charge is -2.06. The largest absolute Gasteiger partial charge is 0.298 e. The topological polar surface area (TPSA) is 30.0 Å². The van der Waals surface area contributed by atoms with Gasteiger partial charge >= 0.3 is 0 Å². The van der Waals surface area contributed by atoms with Gasteiger partial charge in [0.05, 0.1) is 5.69 Å². The number of hydrogen-bond acceptors (Lipinski definition) is 3. The molecule has 0 amide bonds. The highest BCUT2D eigenvalue weighted by Crippen LogP contribution is 2.29. The van der Waals surface area contributed by atoms with Gasteiger partial charge in [0.2, 0.25) is 0 Å². The van der Waals surface area contributed by atoms with Crippen LogP contribution in [0.1, 0.15) is 10.4 Å². The third-order valence-corrected chi connectivity index (χ3v) is 3.08. The second kappa shape index (κ2) is 4.94. The van der Waals surface area contributed by atoms with Crippen LogP contribution in [0.25, 0.3) is 11.3 Å². The van der Waals surface area contributed by atoms with Crippen molar-refractivity contribution in [1.82, 2.24) is 4.98 Å². The highest BCUT2D eigenvalue weighted by atomic mass is 32.2. The average molecular weight is 229 g/mol. The van der Waals surface area contributed by atoms with Crippen LogP contribution in [-0.2, 0) is 0 Å². The van der Waals surface area contributed by atoms with E-state index in [1.807, 2.05) is 42.7 Å². The van der Waals surface area contributed by atoms with Gasteiger partial charge in [-0.3, -0.25) is 9.78 Å². The van der Waals surface area contributed by atoms with Crippen molar-refractivity contribution >= 4 is 18.0 Å². The lowest BCUT2D eigenvalue weighted by molar-refractivity contribution is 0.112. The molecule has 1 aromatic carbocycles. The van der Waals surface area contributed by atoms with E-state index in [0.717, 1.165) is 22.4 Å². The van der Waals surface area contributed by atoms with Crippen LogP contribution in [0.4, 0.5) is 0 Å². The van der Waals surface area contributed by atoms with Gasteiger partial charge in [-0.25, -0.2) is 0 Å². The Bertz CT molecular complexity index is 497. The predicted molar refractivity (Wildman–Crippen MR) is 66.8 cm³/mol. The smallest absolute Gasteiger partial charge is 0.150 e. The fourth-order valence-electron chi connectivity index (χ4n) is 1.51. The van der Waals surface area contributed by atoms with E-state index < -0.39 is 0 Å². The van der Waals surface area contributed by atoms with Crippen LogP contribution < -0.4 is 0 Å². The van der Waals surface area contributed by atoms with Gasteiger partial charge in [0.1, 0.15) is 6.29 Å². The van der Waals surface area contributed by atoms with Crippen molar-refractivity contribution in [3.05, 3.63) is 48.2 Å². The quantitative estimate of drug-likeness (QED) is 0.597. The molecule has 0 atom stereocenters. The second-order valence-corrected chi connectivity index (χ2v) is 4.14. The predicted octanol–water partition coefficient (Wildman–Crippen LogP) is 3.28. The number of carbonyl (C=O) groups is 1. The summed E-state index contributed by atoms with van der Waals surface area (Å²) >= 11 is 1.62. The zero-order valence-corrected chi connectivity index (χ0v) is 9.70. The van der Waals surface area contributed by atoms with Crippen molar-refractivity contribution in [3.8, 4) is 11.3 Å². The highest BCUT2D eigenvalue weighted by molar-refractivity contribution is 7.98. The van der Waals surface area contributed by atoms with Crippen molar-refractivity contribution in [2.24, 2.45) is 0 Å². The Morgan fingerprint density at radius 2 is 2.12 bits per heavy atom. The normalized spacial score (nSPS) is 10.1. The van der Waals surface area contributed by atoms with Gasteiger partial charge in [-0.05, 0) is 24.5 Å². The van der Waals surface area contributed by atoms with Gasteiger partial charge in [-0.1, -0.05) is 18.2 Å². The number of carbonyl (C=O) groups excluding carboxylic acids is 1. The van der Waals surface area contributed by atoms with Gasteiger partial charge in [0, 0.05) is 22.2 Å². The third-order valence-electron chi connectivity index (χ3n) is 2.30. The standard InChI is InChI=1S/C13H11NOS/c1-16-13-8-10(9-15)5-6-11(13)12-4-2-3-7-14-12/h2-9H,1H3. The maximum absolute atomic E-state index is 10.7. The van der Waals surface area contributed by atoms with Gasteiger partial charge in [-0.2, -0.15) is 0 Å². The summed E-state index contributed by atoms with van der Waals surface area (Å²) < 4.78 is 0. The molecule has 0 fully saturated rings. The first kappa shape index (κ1) is 10.9. The summed E-state index contributed by atoms with van der Waals surface area (Å²) in [6.45, 7) is 0. The number of aldehydes is 1. The molecule has 0 spiro atoms. The van der Waals surface area contributed by atoms with Crippen LogP contribution in [0.3, 0.4) is 0 Å². The molecule has 0 bridgehead atoms. The Balaban J connectivity index is 2.53. The SMILES string of the molecule is CSc1cc(C=O)ccc1-c1ccccn1. The van der Waals surface area contributed by atoms with Crippen molar-refractivity contribution in [1.29, 1.82) is 0 Å². The van der Waals surface area contributed by atoms with Crippen LogP contribution >= 0.6 is 11.8 Å². The van der Waals surface area contributed by atoms with Crippen LogP contribution in [0.5, 0.6) is 0 Å². The summed E-state index contributed by atoms with van der Waals surface area (Å²) in [7, 11) is 0. The fraction of sp³-hybridized carbons (Fsp3) is 0.0769. The van der Waals surface area contributed by atoms with Crippen molar-refractivity contribution in [2.45, 2.75) is 4.90 Å². The zero-order chi connectivity index (χ0) is 11.4. The van der Waals surface area contributed by atoms with E-state index in [-0.39, 0.29) is 0 Å². The first-order chi connectivity index (χ1) is 7.85. The summed E-state index contributed by atoms with van der Waals surface area (Å²) in [5, 5.41) is 0. The number of thioether (sulfide) groups is 1. The molecular weight excluding hydrogens is 218 g/mol. The maximum atomic E-state index is 10.7. The molecule has 1 aromatic heterocycles. The van der Waals surface area contributed by atoms with E-state index in [9.17, 15) is 4.79 Å². The molecule has 0 aliphatic carbocycles. The first-order valence-electron chi connectivity index (χ1n) is 4.90. The molecule has 0 N–H and O–H groups in total. The van der Waals surface area contributed by atoms with Gasteiger partial charge < -0.3 is 0 Å². The van der Waals surface area contributed by atoms with Gasteiger partial charge in [-0.15, -0.1) is 11.8 Å². The monoisotopic (exact) mass is 229 g/mol. The molecule has 80 valence electrons. The number of benzene rings is 1. The summed E-state index contributed by atoms with van der Waals surface area (Å²) in [5.74, 6) is 0. The molecule has 2 aromatic rings. The summed E-state index contributed by atoms with van der Waals surface area (Å²) in [4.78, 5) is 16.1. The Morgan fingerprint density at radius 1 is 1.25 bits per heavy atom. The lowest BCUT2D eigenvalue weighted by atomic mass is 10.1. The number of pyridine rings is 1. The van der Waals surface area contributed by atoms with Crippen LogP contribution in [-0.4, -0.2) is 17.5 Å². The number of hydrogen-bond donors (Lipinski definition) is 0. The number of nitrogens with zero attached hydrogens (tertiary/aromatic N) is 1. The third kappa shape index (κ3) is 2.14. The van der Waals surface area contributed by atoms with Crippen LogP contribution in [0.2, 0.25) is 0 Å². The van der Waals surface area contributed by atoms with Crippen molar-refractivity contribution < 1.29 is 4.79 Å². The van der Waals surface area contributed by atoms with Gasteiger partial charge in [0.25, 0.3) is 0 Å². The number of rotatable bonds is 3. The molecule has 16 heavy (non-hydrogen) atoms. The number of aromatic nitrogens is 1. The second-order valence-electron chi connectivity index (χ2n) is 3.29. The molecule has 0 unspecified atom stereocenters. The minimum absolute atomic E-state index is 0.698. The van der Waals surface area contributed by atoms with Crippen LogP contribution in [0, 0.1) is 0 Å². The molecule has 2 nitrogen and oxygen atoms in total. The van der Waals surface area contributed by atoms with E-state index >= 15 is 0 Å². The minimum atomic E-state index is 0.698. The molecule has 1 heterocycles. The molecule has 0 aliphatic rings. The fourth-order valence-corrected chi connectivity index (χ4v) is 2.16. The Kier molecular flexibility index (Phi) is 3.37. The maximum Gasteiger partial charge on any atom is 0.150 e. The molecule has 2 rings (SSSR count). The lowest BCUT2D eigenvalue weighted by Crippen LogP contribution is -1.88. The molecule has 0 saturated carbocycles. The Morgan fingerprint density at radius 3 is 2.75 bits per heavy atom. The zero-order valence-electron chi connectivity index (χ0n) is 8.88. The van der Waals surface area contributed by atoms with Crippen molar-refractivity contribution in [2.75, 3.05) is 6.26 Å². The van der Waals surface area contributed by atoms with E-state index in [1.54, 1.807) is 18.0 Å². The van der Waals surface area contributed by atoms with E-state index in [0.29, 0.717) is 5.56 Å². The molecule has 0 aliphatic heterocycles. The highest BCUT2D eigenvalue weighted by Gasteiger charge is 2.05. The molecule has 0 saturated heterocycles. The average Bonchev–Trinajstić information content (AvgIpc) is 2.39. The van der Waals surface area contributed by atoms with Gasteiger partial charge in [0.15, 0.2) is 0 Å². The summed E-state index contributed by atoms with van der Waals surface area (Å²) in [6.07, 6.45) is 4.63. The molecule has 0 radical (unpaired) electrons. The summed E-state index contributed by atoms with van der Waals surface area (Å²) in [5.41, 5.74) is 2.70. The van der Waals surface area contributed by atoms with Crippen molar-refractivity contribution in [3.63, 3.8) is 0 Å². The van der Waals surface area contributed by atoms with Crippen LogP contribution in [0.15, 0.2) is 47.5 Å². The van der Waals surface area contributed by atoms with E-state index in [1.165, 1.54) is 0 Å². The Labute approximate surface area is 98.7 Å².